The van der Waals surface area contributed by atoms with Gasteiger partial charge in [0.25, 0.3) is 0 Å². The molecule has 0 spiro atoms. The minimum atomic E-state index is -3.80. The maximum absolute atomic E-state index is 13.0. The Balaban J connectivity index is 2.32. The van der Waals surface area contributed by atoms with Gasteiger partial charge < -0.3 is 14.9 Å². The van der Waals surface area contributed by atoms with Gasteiger partial charge in [0.1, 0.15) is 11.8 Å². The molecule has 1 unspecified atom stereocenters. The second-order valence-corrected chi connectivity index (χ2v) is 8.64. The number of hydrogen-bond donors (Lipinski definition) is 3. The van der Waals surface area contributed by atoms with Crippen LogP contribution in [-0.2, 0) is 21.2 Å². The molecule has 0 aromatic heterocycles. The van der Waals surface area contributed by atoms with Crippen LogP contribution in [0, 0.1) is 5.92 Å². The van der Waals surface area contributed by atoms with Crippen LogP contribution < -0.4 is 10.1 Å². The number of carboxylic acids is 1. The molecule has 7 nitrogen and oxygen atoms in total. The van der Waals surface area contributed by atoms with Crippen LogP contribution in [0.5, 0.6) is 5.75 Å². The zero-order valence-electron chi connectivity index (χ0n) is 16.0. The second kappa shape index (κ2) is 9.18. The van der Waals surface area contributed by atoms with Crippen molar-refractivity contribution in [2.75, 3.05) is 7.11 Å². The van der Waals surface area contributed by atoms with Crippen LogP contribution in [0.4, 0.5) is 0 Å². The summed E-state index contributed by atoms with van der Waals surface area (Å²) in [5.74, 6) is -0.926. The van der Waals surface area contributed by atoms with Crippen molar-refractivity contribution in [3.05, 3.63) is 54.1 Å². The van der Waals surface area contributed by atoms with Gasteiger partial charge in [-0.05, 0) is 41.8 Å². The van der Waals surface area contributed by atoms with E-state index in [1.807, 2.05) is 0 Å². The van der Waals surface area contributed by atoms with Crippen LogP contribution in [-0.4, -0.2) is 43.9 Å². The summed E-state index contributed by atoms with van der Waals surface area (Å²) in [4.78, 5) is 11.7. The molecule has 0 fully saturated rings. The number of aliphatic hydroxyl groups excluding tert-OH is 1. The number of aliphatic hydroxyl groups is 1. The largest absolute Gasteiger partial charge is 0.497 e. The first-order chi connectivity index (χ1) is 13.2. The lowest BCUT2D eigenvalue weighted by molar-refractivity contribution is -0.143. The van der Waals surface area contributed by atoms with Crippen molar-refractivity contribution in [1.82, 2.24) is 5.32 Å². The maximum atomic E-state index is 13.0. The lowest BCUT2D eigenvalue weighted by Crippen LogP contribution is -2.48. The van der Waals surface area contributed by atoms with Gasteiger partial charge in [-0.2, -0.15) is 0 Å². The monoisotopic (exact) mass is 407 g/mol. The summed E-state index contributed by atoms with van der Waals surface area (Å²) < 4.78 is 31.1. The minimum Gasteiger partial charge on any atom is -0.497 e. The third-order valence-electron chi connectivity index (χ3n) is 4.43. The van der Waals surface area contributed by atoms with E-state index in [4.69, 9.17) is 4.74 Å². The number of sulfone groups is 1. The van der Waals surface area contributed by atoms with Crippen molar-refractivity contribution in [2.24, 2.45) is 5.92 Å². The van der Waals surface area contributed by atoms with Crippen molar-refractivity contribution in [1.29, 1.82) is 0 Å². The molecule has 8 heteroatoms. The SMILES string of the molecule is COc1ccc(S(=O)(=O)c2ccccc2CN[C@@H](C(=O)O)C(O)C(C)C)cc1. The minimum absolute atomic E-state index is 0.0215. The van der Waals surface area contributed by atoms with E-state index in [0.717, 1.165) is 0 Å². The number of carboxylic acid groups (broad SMARTS) is 1. The molecule has 28 heavy (non-hydrogen) atoms. The normalized spacial score (nSPS) is 13.9. The van der Waals surface area contributed by atoms with E-state index >= 15 is 0 Å². The highest BCUT2D eigenvalue weighted by Gasteiger charge is 2.29. The van der Waals surface area contributed by atoms with E-state index in [2.05, 4.69) is 5.32 Å². The molecule has 3 N–H and O–H groups in total. The average Bonchev–Trinajstić information content (AvgIpc) is 2.68. The van der Waals surface area contributed by atoms with Gasteiger partial charge in [0.2, 0.25) is 9.84 Å². The third kappa shape index (κ3) is 4.89. The number of carbonyl (C=O) groups is 1. The van der Waals surface area contributed by atoms with Crippen molar-refractivity contribution < 1.29 is 28.2 Å². The second-order valence-electron chi connectivity index (χ2n) is 6.72. The lowest BCUT2D eigenvalue weighted by atomic mass is 9.99. The first-order valence-electron chi connectivity index (χ1n) is 8.79. The van der Waals surface area contributed by atoms with Gasteiger partial charge in [-0.15, -0.1) is 0 Å². The zero-order valence-corrected chi connectivity index (χ0v) is 16.8. The fourth-order valence-corrected chi connectivity index (χ4v) is 4.24. The van der Waals surface area contributed by atoms with E-state index in [1.165, 1.54) is 25.3 Å². The van der Waals surface area contributed by atoms with E-state index in [0.29, 0.717) is 11.3 Å². The summed E-state index contributed by atoms with van der Waals surface area (Å²) in [5, 5.41) is 22.3. The Kier molecular flexibility index (Phi) is 7.17. The molecule has 0 saturated heterocycles. The molecule has 0 aliphatic heterocycles. The van der Waals surface area contributed by atoms with E-state index in [1.54, 1.807) is 44.2 Å². The molecular weight excluding hydrogens is 382 g/mol. The summed E-state index contributed by atoms with van der Waals surface area (Å²) in [7, 11) is -2.31. The molecule has 0 bridgehead atoms. The van der Waals surface area contributed by atoms with Crippen LogP contribution in [0.3, 0.4) is 0 Å². The van der Waals surface area contributed by atoms with Crippen LogP contribution in [0.2, 0.25) is 0 Å². The van der Waals surface area contributed by atoms with Crippen LogP contribution in [0.25, 0.3) is 0 Å². The van der Waals surface area contributed by atoms with Gasteiger partial charge in [-0.25, -0.2) is 8.42 Å². The fraction of sp³-hybridized carbons (Fsp3) is 0.350. The first kappa shape index (κ1) is 21.9. The number of benzene rings is 2. The Bertz CT molecular complexity index is 909. The van der Waals surface area contributed by atoms with Crippen LogP contribution >= 0.6 is 0 Å². The number of nitrogens with one attached hydrogen (secondary N) is 1. The van der Waals surface area contributed by atoms with Crippen LogP contribution in [0.1, 0.15) is 19.4 Å². The molecule has 0 aliphatic rings. The van der Waals surface area contributed by atoms with Crippen LogP contribution in [0.15, 0.2) is 58.3 Å². The highest BCUT2D eigenvalue weighted by molar-refractivity contribution is 7.91. The molecule has 0 amide bonds. The van der Waals surface area contributed by atoms with Crippen molar-refractivity contribution >= 4 is 15.8 Å². The molecule has 152 valence electrons. The van der Waals surface area contributed by atoms with E-state index < -0.39 is 28.0 Å². The summed E-state index contributed by atoms with van der Waals surface area (Å²) in [6.07, 6.45) is -1.11. The topological polar surface area (TPSA) is 113 Å². The van der Waals surface area contributed by atoms with Crippen molar-refractivity contribution in [3.8, 4) is 5.75 Å². The number of hydrogen-bond acceptors (Lipinski definition) is 6. The molecule has 2 aromatic rings. The quantitative estimate of drug-likeness (QED) is 0.583. The Morgan fingerprint density at radius 1 is 1.11 bits per heavy atom. The molecule has 2 aromatic carbocycles. The van der Waals surface area contributed by atoms with E-state index in [-0.39, 0.29) is 22.3 Å². The Hall–Kier alpha value is -2.42. The molecule has 2 atom stereocenters. The van der Waals surface area contributed by atoms with Crippen molar-refractivity contribution in [3.63, 3.8) is 0 Å². The third-order valence-corrected chi connectivity index (χ3v) is 6.30. The summed E-state index contributed by atoms with van der Waals surface area (Å²) in [5.41, 5.74) is 0.417. The average molecular weight is 407 g/mol. The number of aliphatic carboxylic acids is 1. The standard InChI is InChI=1S/C20H25NO6S/c1-13(2)19(22)18(20(23)24)21-12-14-6-4-5-7-17(14)28(25,26)16-10-8-15(27-3)9-11-16/h4-11,13,18-19,21-22H,12H2,1-3H3,(H,23,24)/t18-,19?/m1/s1. The van der Waals surface area contributed by atoms with Gasteiger partial charge >= 0.3 is 5.97 Å². The summed E-state index contributed by atoms with van der Waals surface area (Å²) in [6, 6.07) is 11.2. The molecule has 2 rings (SSSR count). The summed E-state index contributed by atoms with van der Waals surface area (Å²) >= 11 is 0. The summed E-state index contributed by atoms with van der Waals surface area (Å²) in [6.45, 7) is 3.40. The fourth-order valence-electron chi connectivity index (χ4n) is 2.75. The Morgan fingerprint density at radius 2 is 1.71 bits per heavy atom. The molecule has 0 aliphatic carbocycles. The molecule has 0 saturated carbocycles. The van der Waals surface area contributed by atoms with Gasteiger partial charge in [0, 0.05) is 6.54 Å². The smallest absolute Gasteiger partial charge is 0.323 e. The predicted octanol–water partition coefficient (Wildman–Crippen LogP) is 2.09. The highest BCUT2D eigenvalue weighted by atomic mass is 32.2. The Morgan fingerprint density at radius 3 is 2.25 bits per heavy atom. The number of rotatable bonds is 9. The van der Waals surface area contributed by atoms with Gasteiger partial charge in [-0.3, -0.25) is 10.1 Å². The molecule has 0 radical (unpaired) electrons. The number of methoxy groups -OCH3 is 1. The van der Waals surface area contributed by atoms with Gasteiger partial charge in [-0.1, -0.05) is 32.0 Å². The molecule has 0 heterocycles. The number of ether oxygens (including phenoxy) is 1. The zero-order chi connectivity index (χ0) is 20.9. The first-order valence-corrected chi connectivity index (χ1v) is 10.3. The predicted molar refractivity (Wildman–Crippen MR) is 104 cm³/mol. The Labute approximate surface area is 164 Å². The maximum Gasteiger partial charge on any atom is 0.323 e. The highest BCUT2D eigenvalue weighted by Crippen LogP contribution is 2.26. The van der Waals surface area contributed by atoms with Crippen molar-refractivity contribution in [2.45, 2.75) is 42.3 Å². The lowest BCUT2D eigenvalue weighted by Gasteiger charge is -2.23. The van der Waals surface area contributed by atoms with E-state index in [9.17, 15) is 23.4 Å². The van der Waals surface area contributed by atoms with Gasteiger partial charge in [0.15, 0.2) is 0 Å². The van der Waals surface area contributed by atoms with Gasteiger partial charge in [0.05, 0.1) is 23.0 Å². The molecular formula is C20H25NO6S.